The molecule has 20 heavy (non-hydrogen) atoms. The van der Waals surface area contributed by atoms with Crippen LogP contribution in [-0.4, -0.2) is 24.8 Å². The Morgan fingerprint density at radius 2 is 2.15 bits per heavy atom. The van der Waals surface area contributed by atoms with Crippen molar-refractivity contribution >= 4 is 20.9 Å². The molecular weight excluding hydrogens is 266 g/mol. The Morgan fingerprint density at radius 1 is 1.35 bits per heavy atom. The van der Waals surface area contributed by atoms with Gasteiger partial charge in [0.05, 0.1) is 6.54 Å². The molecule has 5 heteroatoms. The molecule has 0 unspecified atom stereocenters. The average Bonchev–Trinajstić information content (AvgIpc) is 2.78. The maximum atomic E-state index is 5.92. The van der Waals surface area contributed by atoms with Crippen molar-refractivity contribution in [2.24, 2.45) is 4.99 Å². The monoisotopic (exact) mass is 287 g/mol. The summed E-state index contributed by atoms with van der Waals surface area (Å²) in [5.74, 6) is 1.88. The molecule has 0 saturated carbocycles. The number of benzene rings is 1. The highest BCUT2D eigenvalue weighted by molar-refractivity contribution is 6.49. The Balaban J connectivity index is 2.15. The summed E-state index contributed by atoms with van der Waals surface area (Å²) in [6, 6.07) is 6.13. The van der Waals surface area contributed by atoms with Crippen molar-refractivity contribution < 1.29 is 4.43 Å². The topological polar surface area (TPSA) is 39.4 Å². The molecule has 1 aromatic carbocycles. The predicted octanol–water partition coefficient (Wildman–Crippen LogP) is 3.26. The van der Waals surface area contributed by atoms with Crippen LogP contribution >= 0.6 is 0 Å². The van der Waals surface area contributed by atoms with Crippen molar-refractivity contribution in [3.05, 3.63) is 42.0 Å². The summed E-state index contributed by atoms with van der Waals surface area (Å²) in [5, 5.41) is 0. The van der Waals surface area contributed by atoms with E-state index in [1.165, 1.54) is 5.56 Å². The molecule has 0 amide bonds. The third kappa shape index (κ3) is 3.80. The van der Waals surface area contributed by atoms with Gasteiger partial charge in [-0.25, -0.2) is 4.98 Å². The normalized spacial score (nSPS) is 11.4. The van der Waals surface area contributed by atoms with Gasteiger partial charge in [-0.15, -0.1) is 0 Å². The van der Waals surface area contributed by atoms with Crippen LogP contribution in [0.3, 0.4) is 0 Å². The van der Waals surface area contributed by atoms with Crippen molar-refractivity contribution in [3.63, 3.8) is 0 Å². The summed E-state index contributed by atoms with van der Waals surface area (Å²) in [4.78, 5) is 8.76. The third-order valence-electron chi connectivity index (χ3n) is 2.91. The lowest BCUT2D eigenvalue weighted by molar-refractivity contribution is 0.582. The second-order valence-electron chi connectivity index (χ2n) is 5.08. The van der Waals surface area contributed by atoms with E-state index >= 15 is 0 Å². The van der Waals surface area contributed by atoms with Gasteiger partial charge in [0.25, 0.3) is 0 Å². The number of hydrogen-bond donors (Lipinski definition) is 0. The van der Waals surface area contributed by atoms with Crippen LogP contribution in [0.2, 0.25) is 13.1 Å². The number of nitrogens with zero attached hydrogens (tertiary/aromatic N) is 3. The third-order valence-corrected chi connectivity index (χ3v) is 3.63. The van der Waals surface area contributed by atoms with E-state index in [9.17, 15) is 0 Å². The molecule has 2 rings (SSSR count). The minimum Gasteiger partial charge on any atom is -0.546 e. The van der Waals surface area contributed by atoms with Gasteiger partial charge in [-0.1, -0.05) is 6.07 Å². The number of imidazole rings is 1. The maximum absolute atomic E-state index is 5.92. The Bertz CT molecular complexity index is 605. The molecule has 1 aromatic heterocycles. The lowest BCUT2D eigenvalue weighted by atomic mass is 10.2. The molecule has 106 valence electrons. The molecular formula is C15H21N3OSi. The number of aliphatic imine (C=N–C) groups is 1. The summed E-state index contributed by atoms with van der Waals surface area (Å²) < 4.78 is 7.97. The Labute approximate surface area is 121 Å². The smallest absolute Gasteiger partial charge is 0.229 e. The summed E-state index contributed by atoms with van der Waals surface area (Å²) >= 11 is 0. The molecule has 0 fully saturated rings. The first-order valence-corrected chi connectivity index (χ1v) is 9.62. The molecule has 2 aromatic rings. The molecule has 0 radical (unpaired) electrons. The van der Waals surface area contributed by atoms with Gasteiger partial charge in [-0.2, -0.15) is 0 Å². The van der Waals surface area contributed by atoms with Gasteiger partial charge in [0.2, 0.25) is 9.04 Å². The SMILES string of the molecule is Cc1ccc(O[SiH](C)C)c(N=CCn2ccnc2C)c1. The second kappa shape index (κ2) is 6.52. The molecule has 1 heterocycles. The standard InChI is InChI=1S/C15H21N3OSi/c1-12-5-6-15(19-20(3)4)14(11-12)17-8-10-18-9-7-16-13(18)2/h5-9,11,20H,10H2,1-4H3. The lowest BCUT2D eigenvalue weighted by Gasteiger charge is -2.12. The zero-order valence-electron chi connectivity index (χ0n) is 12.5. The van der Waals surface area contributed by atoms with E-state index in [-0.39, 0.29) is 0 Å². The van der Waals surface area contributed by atoms with Crippen LogP contribution in [0.4, 0.5) is 5.69 Å². The van der Waals surface area contributed by atoms with Crippen LogP contribution in [0, 0.1) is 13.8 Å². The Morgan fingerprint density at radius 3 is 2.80 bits per heavy atom. The molecule has 0 atom stereocenters. The van der Waals surface area contributed by atoms with Crippen LogP contribution in [-0.2, 0) is 6.54 Å². The lowest BCUT2D eigenvalue weighted by Crippen LogP contribution is -2.11. The minimum absolute atomic E-state index is 0.721. The average molecular weight is 287 g/mol. The summed E-state index contributed by atoms with van der Waals surface area (Å²) in [6.07, 6.45) is 5.66. The summed E-state index contributed by atoms with van der Waals surface area (Å²) in [5.41, 5.74) is 2.10. The first kappa shape index (κ1) is 14.5. The summed E-state index contributed by atoms with van der Waals surface area (Å²) in [6.45, 7) is 9.08. The van der Waals surface area contributed by atoms with E-state index in [0.29, 0.717) is 0 Å². The predicted molar refractivity (Wildman–Crippen MR) is 85.8 cm³/mol. The van der Waals surface area contributed by atoms with Gasteiger partial charge in [-0.3, -0.25) is 4.99 Å². The maximum Gasteiger partial charge on any atom is 0.229 e. The Hall–Kier alpha value is -1.88. The van der Waals surface area contributed by atoms with Crippen LogP contribution in [0.15, 0.2) is 35.6 Å². The molecule has 0 aliphatic rings. The fraction of sp³-hybridized carbons (Fsp3) is 0.333. The van der Waals surface area contributed by atoms with E-state index in [0.717, 1.165) is 23.8 Å². The van der Waals surface area contributed by atoms with Gasteiger partial charge in [0, 0.05) is 18.6 Å². The van der Waals surface area contributed by atoms with Gasteiger partial charge >= 0.3 is 0 Å². The van der Waals surface area contributed by atoms with Crippen LogP contribution < -0.4 is 4.43 Å². The van der Waals surface area contributed by atoms with E-state index in [1.54, 1.807) is 6.20 Å². The zero-order valence-corrected chi connectivity index (χ0v) is 13.7. The molecule has 0 spiro atoms. The molecule has 0 saturated heterocycles. The van der Waals surface area contributed by atoms with Crippen molar-refractivity contribution in [1.29, 1.82) is 0 Å². The fourth-order valence-corrected chi connectivity index (χ4v) is 2.61. The number of hydrogen-bond acceptors (Lipinski definition) is 3. The van der Waals surface area contributed by atoms with Crippen molar-refractivity contribution in [1.82, 2.24) is 9.55 Å². The van der Waals surface area contributed by atoms with Gasteiger partial charge in [0.1, 0.15) is 17.3 Å². The molecule has 0 aliphatic carbocycles. The van der Waals surface area contributed by atoms with Crippen molar-refractivity contribution in [2.45, 2.75) is 33.5 Å². The first-order chi connectivity index (χ1) is 9.56. The number of aromatic nitrogens is 2. The zero-order chi connectivity index (χ0) is 14.5. The van der Waals surface area contributed by atoms with Crippen molar-refractivity contribution in [2.75, 3.05) is 0 Å². The quantitative estimate of drug-likeness (QED) is 0.625. The fourth-order valence-electron chi connectivity index (χ4n) is 1.91. The molecule has 0 N–H and O–H groups in total. The van der Waals surface area contributed by atoms with Gasteiger partial charge in [0.15, 0.2) is 0 Å². The number of aryl methyl sites for hydroxylation is 2. The highest BCUT2D eigenvalue weighted by Crippen LogP contribution is 2.28. The minimum atomic E-state index is -1.12. The van der Waals surface area contributed by atoms with E-state index in [4.69, 9.17) is 4.43 Å². The Kier molecular flexibility index (Phi) is 4.73. The second-order valence-corrected chi connectivity index (χ2v) is 7.41. The number of rotatable bonds is 5. The molecule has 0 bridgehead atoms. The highest BCUT2D eigenvalue weighted by atomic mass is 28.3. The van der Waals surface area contributed by atoms with Gasteiger partial charge < -0.3 is 8.99 Å². The van der Waals surface area contributed by atoms with E-state index in [2.05, 4.69) is 46.7 Å². The van der Waals surface area contributed by atoms with E-state index < -0.39 is 9.04 Å². The van der Waals surface area contributed by atoms with Crippen molar-refractivity contribution in [3.8, 4) is 5.75 Å². The van der Waals surface area contributed by atoms with E-state index in [1.807, 2.05) is 25.4 Å². The van der Waals surface area contributed by atoms with Crippen LogP contribution in [0.25, 0.3) is 0 Å². The van der Waals surface area contributed by atoms with Crippen LogP contribution in [0.5, 0.6) is 5.75 Å². The first-order valence-electron chi connectivity index (χ1n) is 6.84. The largest absolute Gasteiger partial charge is 0.546 e. The highest BCUT2D eigenvalue weighted by Gasteiger charge is 2.05. The molecule has 4 nitrogen and oxygen atoms in total. The molecule has 0 aliphatic heterocycles. The van der Waals surface area contributed by atoms with Gasteiger partial charge in [-0.05, 0) is 44.6 Å². The van der Waals surface area contributed by atoms with Crippen LogP contribution in [0.1, 0.15) is 11.4 Å². The summed E-state index contributed by atoms with van der Waals surface area (Å²) in [7, 11) is -1.12.